The molecular formula is C13H10N4. The van der Waals surface area contributed by atoms with Gasteiger partial charge in [0.2, 0.25) is 0 Å². The van der Waals surface area contributed by atoms with Gasteiger partial charge in [-0.15, -0.1) is 0 Å². The zero-order valence-corrected chi connectivity index (χ0v) is 9.01. The minimum absolute atomic E-state index is 0.583. The molecule has 3 heterocycles. The molecule has 17 heavy (non-hydrogen) atoms. The summed E-state index contributed by atoms with van der Waals surface area (Å²) < 4.78 is 1.83. The molecule has 0 atom stereocenters. The molecule has 0 aliphatic rings. The Balaban J connectivity index is 2.47. The molecule has 0 fully saturated rings. The van der Waals surface area contributed by atoms with Crippen LogP contribution in [0.15, 0.2) is 42.7 Å². The van der Waals surface area contributed by atoms with E-state index < -0.39 is 0 Å². The summed E-state index contributed by atoms with van der Waals surface area (Å²) in [6.07, 6.45) is 3.68. The number of nitriles is 1. The average Bonchev–Trinajstić information content (AvgIpc) is 2.96. The third-order valence-electron chi connectivity index (χ3n) is 2.86. The van der Waals surface area contributed by atoms with E-state index in [9.17, 15) is 5.26 Å². The van der Waals surface area contributed by atoms with Crippen LogP contribution in [0.3, 0.4) is 0 Å². The van der Waals surface area contributed by atoms with E-state index in [0.29, 0.717) is 11.4 Å². The van der Waals surface area contributed by atoms with Gasteiger partial charge in [0.1, 0.15) is 11.9 Å². The summed E-state index contributed by atoms with van der Waals surface area (Å²) in [4.78, 5) is 3.09. The third kappa shape index (κ3) is 1.23. The Morgan fingerprint density at radius 1 is 1.24 bits per heavy atom. The summed E-state index contributed by atoms with van der Waals surface area (Å²) in [5, 5.41) is 9.30. The number of H-pyrrole nitrogens is 1. The lowest BCUT2D eigenvalue weighted by atomic mass is 10.1. The topological polar surface area (TPSA) is 70.0 Å². The first-order chi connectivity index (χ1) is 8.33. The maximum absolute atomic E-state index is 9.30. The summed E-state index contributed by atoms with van der Waals surface area (Å²) in [5.41, 5.74) is 9.16. The highest BCUT2D eigenvalue weighted by Crippen LogP contribution is 2.33. The van der Waals surface area contributed by atoms with Crippen molar-refractivity contribution >= 4 is 11.3 Å². The number of nitrogen functional groups attached to an aromatic ring is 1. The Bertz CT molecular complexity index is 714. The first kappa shape index (κ1) is 9.55. The van der Waals surface area contributed by atoms with E-state index in [-0.39, 0.29) is 0 Å². The molecule has 4 heteroatoms. The molecule has 0 saturated heterocycles. The molecule has 3 aromatic rings. The second-order valence-corrected chi connectivity index (χ2v) is 3.79. The van der Waals surface area contributed by atoms with Crippen LogP contribution in [-0.4, -0.2) is 9.38 Å². The Morgan fingerprint density at radius 2 is 2.12 bits per heavy atom. The largest absolute Gasteiger partial charge is 0.384 e. The van der Waals surface area contributed by atoms with Crippen LogP contribution in [0.5, 0.6) is 0 Å². The third-order valence-corrected chi connectivity index (χ3v) is 2.86. The molecule has 82 valence electrons. The Hall–Kier alpha value is -2.67. The van der Waals surface area contributed by atoms with Crippen molar-refractivity contribution in [3.05, 3.63) is 48.3 Å². The Morgan fingerprint density at radius 3 is 2.82 bits per heavy atom. The number of pyridine rings is 1. The van der Waals surface area contributed by atoms with E-state index in [1.54, 1.807) is 0 Å². The van der Waals surface area contributed by atoms with E-state index in [4.69, 9.17) is 5.73 Å². The minimum atomic E-state index is 0.583. The monoisotopic (exact) mass is 222 g/mol. The highest BCUT2D eigenvalue weighted by Gasteiger charge is 2.17. The fourth-order valence-corrected chi connectivity index (χ4v) is 2.11. The minimum Gasteiger partial charge on any atom is -0.384 e. The fourth-order valence-electron chi connectivity index (χ4n) is 2.11. The lowest BCUT2D eigenvalue weighted by molar-refractivity contribution is 1.21. The van der Waals surface area contributed by atoms with Crippen LogP contribution in [0, 0.1) is 11.3 Å². The van der Waals surface area contributed by atoms with E-state index in [1.807, 2.05) is 47.1 Å². The number of aromatic nitrogens is 2. The summed E-state index contributed by atoms with van der Waals surface area (Å²) >= 11 is 0. The van der Waals surface area contributed by atoms with Crippen molar-refractivity contribution in [1.82, 2.24) is 9.38 Å². The summed E-state index contributed by atoms with van der Waals surface area (Å²) in [6, 6.07) is 11.7. The van der Waals surface area contributed by atoms with Crippen molar-refractivity contribution in [3.63, 3.8) is 0 Å². The van der Waals surface area contributed by atoms with Gasteiger partial charge < -0.3 is 15.1 Å². The van der Waals surface area contributed by atoms with Crippen LogP contribution in [0.2, 0.25) is 0 Å². The second kappa shape index (κ2) is 3.42. The summed E-state index contributed by atoms with van der Waals surface area (Å²) in [7, 11) is 0. The molecule has 0 saturated carbocycles. The predicted molar refractivity (Wildman–Crippen MR) is 66.3 cm³/mol. The van der Waals surface area contributed by atoms with E-state index in [2.05, 4.69) is 11.1 Å². The number of fused-ring (bicyclic) bond motifs is 1. The van der Waals surface area contributed by atoms with Gasteiger partial charge in [-0.05, 0) is 24.3 Å². The highest BCUT2D eigenvalue weighted by molar-refractivity contribution is 5.88. The smallest absolute Gasteiger partial charge is 0.118 e. The number of nitrogens with zero attached hydrogens (tertiary/aromatic N) is 2. The van der Waals surface area contributed by atoms with Crippen molar-refractivity contribution < 1.29 is 0 Å². The number of aromatic amines is 1. The van der Waals surface area contributed by atoms with Crippen LogP contribution in [0.25, 0.3) is 16.8 Å². The maximum Gasteiger partial charge on any atom is 0.118 e. The molecule has 3 rings (SSSR count). The molecule has 0 unspecified atom stereocenters. The molecule has 3 aromatic heterocycles. The quantitative estimate of drug-likeness (QED) is 0.663. The van der Waals surface area contributed by atoms with E-state index in [1.165, 1.54) is 0 Å². The van der Waals surface area contributed by atoms with Gasteiger partial charge in [-0.25, -0.2) is 0 Å². The van der Waals surface area contributed by atoms with Crippen LogP contribution >= 0.6 is 0 Å². The standard InChI is InChI=1S/C13H10N4/c14-8-9-11-5-1-2-7-17(11)13(15)12(9)10-4-3-6-16-10/h1-7,16H,15H2. The molecule has 0 aromatic carbocycles. The van der Waals surface area contributed by atoms with Gasteiger partial charge in [0.15, 0.2) is 0 Å². The number of hydrogen-bond acceptors (Lipinski definition) is 2. The molecule has 0 spiro atoms. The fraction of sp³-hybridized carbons (Fsp3) is 0. The first-order valence-corrected chi connectivity index (χ1v) is 5.25. The van der Waals surface area contributed by atoms with Crippen LogP contribution < -0.4 is 5.73 Å². The molecule has 0 amide bonds. The Kier molecular flexibility index (Phi) is 1.92. The van der Waals surface area contributed by atoms with Crippen LogP contribution in [-0.2, 0) is 0 Å². The van der Waals surface area contributed by atoms with Gasteiger partial charge in [0, 0.05) is 12.4 Å². The van der Waals surface area contributed by atoms with Gasteiger partial charge in [-0.3, -0.25) is 0 Å². The van der Waals surface area contributed by atoms with E-state index >= 15 is 0 Å². The highest BCUT2D eigenvalue weighted by atomic mass is 15.0. The number of rotatable bonds is 1. The van der Waals surface area contributed by atoms with Crippen molar-refractivity contribution in [1.29, 1.82) is 5.26 Å². The normalized spacial score (nSPS) is 10.5. The molecule has 0 aliphatic heterocycles. The maximum atomic E-state index is 9.30. The number of nitrogens with two attached hydrogens (primary N) is 1. The van der Waals surface area contributed by atoms with E-state index in [0.717, 1.165) is 16.8 Å². The van der Waals surface area contributed by atoms with Gasteiger partial charge in [0.25, 0.3) is 0 Å². The number of nitrogens with one attached hydrogen (secondary N) is 1. The van der Waals surface area contributed by atoms with Crippen LogP contribution in [0.4, 0.5) is 5.82 Å². The zero-order chi connectivity index (χ0) is 11.8. The molecule has 0 radical (unpaired) electrons. The molecule has 4 nitrogen and oxygen atoms in total. The zero-order valence-electron chi connectivity index (χ0n) is 9.01. The number of anilines is 1. The van der Waals surface area contributed by atoms with Crippen molar-refractivity contribution in [2.45, 2.75) is 0 Å². The van der Waals surface area contributed by atoms with Crippen molar-refractivity contribution in [3.8, 4) is 17.3 Å². The molecule has 0 bridgehead atoms. The molecular weight excluding hydrogens is 212 g/mol. The average molecular weight is 222 g/mol. The summed E-state index contributed by atoms with van der Waals surface area (Å²) in [5.74, 6) is 0.583. The Labute approximate surface area is 97.9 Å². The van der Waals surface area contributed by atoms with Crippen molar-refractivity contribution in [2.75, 3.05) is 5.73 Å². The number of hydrogen-bond donors (Lipinski definition) is 2. The van der Waals surface area contributed by atoms with Crippen LogP contribution in [0.1, 0.15) is 5.56 Å². The second-order valence-electron chi connectivity index (χ2n) is 3.79. The molecule has 0 aliphatic carbocycles. The lowest BCUT2D eigenvalue weighted by Crippen LogP contribution is -1.93. The van der Waals surface area contributed by atoms with Gasteiger partial charge >= 0.3 is 0 Å². The first-order valence-electron chi connectivity index (χ1n) is 5.25. The predicted octanol–water partition coefficient (Wildman–Crippen LogP) is 2.39. The van der Waals surface area contributed by atoms with Gasteiger partial charge in [0.05, 0.1) is 22.3 Å². The molecule has 3 N–H and O–H groups in total. The lowest BCUT2D eigenvalue weighted by Gasteiger charge is -1.98. The van der Waals surface area contributed by atoms with Gasteiger partial charge in [-0.2, -0.15) is 5.26 Å². The summed E-state index contributed by atoms with van der Waals surface area (Å²) in [6.45, 7) is 0. The van der Waals surface area contributed by atoms with Gasteiger partial charge in [-0.1, -0.05) is 6.07 Å². The van der Waals surface area contributed by atoms with Crippen molar-refractivity contribution in [2.24, 2.45) is 0 Å². The SMILES string of the molecule is N#Cc1c(-c2ccc[nH]2)c(N)n2ccccc12.